The van der Waals surface area contributed by atoms with E-state index in [4.69, 9.17) is 11.5 Å². The Labute approximate surface area is 91.2 Å². The van der Waals surface area contributed by atoms with E-state index in [1.165, 1.54) is 11.1 Å². The molecule has 2 heterocycles. The Hall–Kier alpha value is -0.680. The average molecular weight is 224 g/mol. The quantitative estimate of drug-likeness (QED) is 0.841. The van der Waals surface area contributed by atoms with Gasteiger partial charge in [0, 0.05) is 11.4 Å². The van der Waals surface area contributed by atoms with Crippen molar-refractivity contribution < 1.29 is 0 Å². The van der Waals surface area contributed by atoms with Crippen molar-refractivity contribution in [2.75, 3.05) is 6.54 Å². The number of nitrogens with two attached hydrogens (primary N) is 2. The van der Waals surface area contributed by atoms with Crippen molar-refractivity contribution in [3.05, 3.63) is 33.2 Å². The molecule has 0 fully saturated rings. The molecule has 74 valence electrons. The van der Waals surface area contributed by atoms with Gasteiger partial charge in [0.1, 0.15) is 0 Å². The van der Waals surface area contributed by atoms with E-state index >= 15 is 0 Å². The lowest BCUT2D eigenvalue weighted by atomic mass is 10.1. The molecule has 0 aliphatic rings. The highest BCUT2D eigenvalue weighted by atomic mass is 32.1. The van der Waals surface area contributed by atoms with E-state index in [1.54, 1.807) is 22.7 Å². The Bertz CT molecular complexity index is 392. The van der Waals surface area contributed by atoms with Crippen LogP contribution < -0.4 is 11.5 Å². The molecule has 0 bridgehead atoms. The van der Waals surface area contributed by atoms with Crippen molar-refractivity contribution in [1.82, 2.24) is 0 Å². The Morgan fingerprint density at radius 1 is 1.29 bits per heavy atom. The van der Waals surface area contributed by atoms with Gasteiger partial charge in [-0.25, -0.2) is 0 Å². The molecule has 0 spiro atoms. The Morgan fingerprint density at radius 2 is 2.14 bits per heavy atom. The minimum atomic E-state index is -0.0209. The monoisotopic (exact) mass is 224 g/mol. The van der Waals surface area contributed by atoms with Gasteiger partial charge in [0.15, 0.2) is 0 Å². The van der Waals surface area contributed by atoms with Crippen LogP contribution in [0.25, 0.3) is 11.1 Å². The van der Waals surface area contributed by atoms with Gasteiger partial charge in [0.2, 0.25) is 0 Å². The van der Waals surface area contributed by atoms with Crippen LogP contribution in [-0.2, 0) is 0 Å². The maximum Gasteiger partial charge on any atom is 0.0514 e. The van der Waals surface area contributed by atoms with Gasteiger partial charge in [-0.05, 0) is 39.4 Å². The van der Waals surface area contributed by atoms with Crippen molar-refractivity contribution in [3.63, 3.8) is 0 Å². The second-order valence-corrected chi connectivity index (χ2v) is 4.81. The van der Waals surface area contributed by atoms with Crippen LogP contribution >= 0.6 is 22.7 Å². The predicted octanol–water partition coefficient (Wildman–Crippen LogP) is 2.44. The molecule has 0 saturated heterocycles. The van der Waals surface area contributed by atoms with Crippen LogP contribution in [-0.4, -0.2) is 6.54 Å². The summed E-state index contributed by atoms with van der Waals surface area (Å²) in [6.07, 6.45) is 0. The fourth-order valence-electron chi connectivity index (χ4n) is 1.24. The first-order valence-corrected chi connectivity index (χ1v) is 6.20. The van der Waals surface area contributed by atoms with Crippen molar-refractivity contribution in [1.29, 1.82) is 0 Å². The fourth-order valence-corrected chi connectivity index (χ4v) is 2.84. The Balaban J connectivity index is 2.26. The zero-order valence-corrected chi connectivity index (χ0v) is 9.28. The van der Waals surface area contributed by atoms with Gasteiger partial charge in [-0.15, -0.1) is 11.3 Å². The van der Waals surface area contributed by atoms with Gasteiger partial charge < -0.3 is 11.5 Å². The third-order valence-electron chi connectivity index (χ3n) is 2.09. The highest BCUT2D eigenvalue weighted by Gasteiger charge is 2.08. The first-order chi connectivity index (χ1) is 6.81. The largest absolute Gasteiger partial charge is 0.329 e. The second kappa shape index (κ2) is 4.23. The van der Waals surface area contributed by atoms with E-state index < -0.39 is 0 Å². The molecule has 4 N–H and O–H groups in total. The summed E-state index contributed by atoms with van der Waals surface area (Å²) in [5, 5.41) is 6.35. The zero-order chi connectivity index (χ0) is 9.97. The molecule has 0 aliphatic heterocycles. The molecule has 1 atom stereocenters. The molecule has 14 heavy (non-hydrogen) atoms. The maximum absolute atomic E-state index is 5.85. The molecule has 4 heteroatoms. The number of thiophene rings is 2. The van der Waals surface area contributed by atoms with Crippen LogP contribution in [0.3, 0.4) is 0 Å². The van der Waals surface area contributed by atoms with Crippen LogP contribution in [0.1, 0.15) is 10.9 Å². The molecule has 1 unspecified atom stereocenters. The topological polar surface area (TPSA) is 52.0 Å². The molecule has 0 amide bonds. The standard InChI is InChI=1S/C10H12N2S2/c11-4-9(12)10-3-8(6-14-10)7-1-2-13-5-7/h1-3,5-6,9H,4,11-12H2. The van der Waals surface area contributed by atoms with Crippen LogP contribution in [0.2, 0.25) is 0 Å². The number of rotatable bonds is 3. The zero-order valence-electron chi connectivity index (χ0n) is 7.64. The Kier molecular flexibility index (Phi) is 2.98. The summed E-state index contributed by atoms with van der Waals surface area (Å²) in [5.74, 6) is 0. The molecule has 2 rings (SSSR count). The minimum absolute atomic E-state index is 0.0209. The van der Waals surface area contributed by atoms with E-state index in [0.29, 0.717) is 6.54 Å². The summed E-state index contributed by atoms with van der Waals surface area (Å²) >= 11 is 3.39. The van der Waals surface area contributed by atoms with E-state index in [9.17, 15) is 0 Å². The highest BCUT2D eigenvalue weighted by Crippen LogP contribution is 2.29. The first-order valence-electron chi connectivity index (χ1n) is 4.38. The summed E-state index contributed by atoms with van der Waals surface area (Å²) in [7, 11) is 0. The summed E-state index contributed by atoms with van der Waals surface area (Å²) < 4.78 is 0. The van der Waals surface area contributed by atoms with E-state index in [1.807, 2.05) is 0 Å². The lowest BCUT2D eigenvalue weighted by Crippen LogP contribution is -2.19. The van der Waals surface area contributed by atoms with Crippen LogP contribution in [0.5, 0.6) is 0 Å². The summed E-state index contributed by atoms with van der Waals surface area (Å²) in [5.41, 5.74) is 13.9. The molecule has 0 radical (unpaired) electrons. The molecule has 0 saturated carbocycles. The lowest BCUT2D eigenvalue weighted by Gasteiger charge is -2.03. The number of hydrogen-bond donors (Lipinski definition) is 2. The fraction of sp³-hybridized carbons (Fsp3) is 0.200. The second-order valence-electron chi connectivity index (χ2n) is 3.09. The predicted molar refractivity (Wildman–Crippen MR) is 63.6 cm³/mol. The van der Waals surface area contributed by atoms with Gasteiger partial charge >= 0.3 is 0 Å². The summed E-state index contributed by atoms with van der Waals surface area (Å²) in [6, 6.07) is 4.22. The molecule has 0 aromatic carbocycles. The van der Waals surface area contributed by atoms with Crippen LogP contribution in [0, 0.1) is 0 Å². The van der Waals surface area contributed by atoms with Gasteiger partial charge in [-0.3, -0.25) is 0 Å². The van der Waals surface area contributed by atoms with Crippen molar-refractivity contribution in [2.45, 2.75) is 6.04 Å². The van der Waals surface area contributed by atoms with Crippen molar-refractivity contribution in [2.24, 2.45) is 11.5 Å². The number of hydrogen-bond acceptors (Lipinski definition) is 4. The molecule has 2 aromatic rings. The van der Waals surface area contributed by atoms with Gasteiger partial charge in [0.25, 0.3) is 0 Å². The van der Waals surface area contributed by atoms with E-state index in [0.717, 1.165) is 4.88 Å². The van der Waals surface area contributed by atoms with Gasteiger partial charge in [-0.2, -0.15) is 11.3 Å². The maximum atomic E-state index is 5.85. The molecule has 2 aromatic heterocycles. The third-order valence-corrected chi connectivity index (χ3v) is 3.84. The Morgan fingerprint density at radius 3 is 2.79 bits per heavy atom. The minimum Gasteiger partial charge on any atom is -0.329 e. The van der Waals surface area contributed by atoms with Crippen molar-refractivity contribution in [3.8, 4) is 11.1 Å². The molecular formula is C10H12N2S2. The molecular weight excluding hydrogens is 212 g/mol. The highest BCUT2D eigenvalue weighted by molar-refractivity contribution is 7.10. The average Bonchev–Trinajstić information content (AvgIpc) is 2.86. The van der Waals surface area contributed by atoms with Crippen molar-refractivity contribution >= 4 is 22.7 Å². The van der Waals surface area contributed by atoms with Crippen LogP contribution in [0.4, 0.5) is 0 Å². The van der Waals surface area contributed by atoms with Gasteiger partial charge in [0.05, 0.1) is 6.04 Å². The SMILES string of the molecule is NCC(N)c1cc(-c2ccsc2)cs1. The lowest BCUT2D eigenvalue weighted by molar-refractivity contribution is 0.752. The normalized spacial score (nSPS) is 13.0. The van der Waals surface area contributed by atoms with Crippen LogP contribution in [0.15, 0.2) is 28.3 Å². The summed E-state index contributed by atoms with van der Waals surface area (Å²) in [4.78, 5) is 1.16. The van der Waals surface area contributed by atoms with Gasteiger partial charge in [-0.1, -0.05) is 0 Å². The molecule has 2 nitrogen and oxygen atoms in total. The van der Waals surface area contributed by atoms with E-state index in [2.05, 4.69) is 28.3 Å². The first kappa shape index (κ1) is 9.86. The third kappa shape index (κ3) is 1.88. The molecule has 0 aliphatic carbocycles. The smallest absolute Gasteiger partial charge is 0.0514 e. The van der Waals surface area contributed by atoms with E-state index in [-0.39, 0.29) is 6.04 Å². The summed E-state index contributed by atoms with van der Waals surface area (Å²) in [6.45, 7) is 0.504.